The quantitative estimate of drug-likeness (QED) is 0.630. The normalized spacial score (nSPS) is 14.8. The van der Waals surface area contributed by atoms with E-state index in [1.807, 2.05) is 0 Å². The van der Waals surface area contributed by atoms with Gasteiger partial charge < -0.3 is 5.11 Å². The van der Waals surface area contributed by atoms with Crippen LogP contribution in [0.2, 0.25) is 0 Å². The Kier molecular flexibility index (Phi) is 6.13. The fourth-order valence-corrected chi connectivity index (χ4v) is 2.92. The van der Waals surface area contributed by atoms with Crippen molar-refractivity contribution in [2.75, 3.05) is 6.61 Å². The maximum Gasteiger partial charge on any atom is 0.0482 e. The molecule has 1 heteroatoms. The average Bonchev–Trinajstić information content (AvgIpc) is 2.12. The van der Waals surface area contributed by atoms with Crippen LogP contribution in [-0.4, -0.2) is 11.7 Å². The van der Waals surface area contributed by atoms with Crippen LogP contribution in [0.5, 0.6) is 0 Å². The zero-order chi connectivity index (χ0) is 14.6. The predicted molar refractivity (Wildman–Crippen MR) is 81.6 cm³/mol. The first-order valence-corrected chi connectivity index (χ1v) is 7.20. The molecule has 1 nitrogen and oxygen atoms in total. The Balaban J connectivity index is 4.66. The number of aliphatic hydroxyl groups is 1. The number of allylic oxidation sites excluding steroid dienone is 2. The van der Waals surface area contributed by atoms with Crippen LogP contribution in [-0.2, 0) is 0 Å². The molecule has 0 aliphatic carbocycles. The fourth-order valence-electron chi connectivity index (χ4n) is 2.92. The molecule has 0 aromatic rings. The van der Waals surface area contributed by atoms with Gasteiger partial charge in [0, 0.05) is 6.61 Å². The van der Waals surface area contributed by atoms with Crippen molar-refractivity contribution in [3.05, 3.63) is 12.2 Å². The fraction of sp³-hybridized carbons (Fsp3) is 0.882. The van der Waals surface area contributed by atoms with Crippen molar-refractivity contribution in [2.24, 2.45) is 22.2 Å². The van der Waals surface area contributed by atoms with E-state index in [1.54, 1.807) is 0 Å². The summed E-state index contributed by atoms with van der Waals surface area (Å²) in [5.74, 6) is 0.724. The smallest absolute Gasteiger partial charge is 0.0482 e. The van der Waals surface area contributed by atoms with Gasteiger partial charge in [0.1, 0.15) is 0 Å². The van der Waals surface area contributed by atoms with E-state index < -0.39 is 0 Å². The summed E-state index contributed by atoms with van der Waals surface area (Å²) in [4.78, 5) is 0. The minimum absolute atomic E-state index is 0.00394. The predicted octanol–water partition coefficient (Wildman–Crippen LogP) is 5.05. The summed E-state index contributed by atoms with van der Waals surface area (Å²) in [6.07, 6.45) is 6.92. The van der Waals surface area contributed by atoms with Gasteiger partial charge in [-0.3, -0.25) is 0 Å². The Bertz CT molecular complexity index is 269. The summed E-state index contributed by atoms with van der Waals surface area (Å²) in [6, 6.07) is 0. The van der Waals surface area contributed by atoms with Gasteiger partial charge in [-0.1, -0.05) is 67.5 Å². The van der Waals surface area contributed by atoms with Gasteiger partial charge in [-0.05, 0) is 35.0 Å². The van der Waals surface area contributed by atoms with E-state index in [9.17, 15) is 5.11 Å². The third-order valence-corrected chi connectivity index (χ3v) is 3.28. The van der Waals surface area contributed by atoms with E-state index >= 15 is 0 Å². The summed E-state index contributed by atoms with van der Waals surface area (Å²) in [5.41, 5.74) is 0.394. The van der Waals surface area contributed by atoms with Gasteiger partial charge >= 0.3 is 0 Å². The minimum Gasteiger partial charge on any atom is -0.396 e. The Hall–Kier alpha value is -0.300. The van der Waals surface area contributed by atoms with E-state index in [1.165, 1.54) is 6.42 Å². The molecular formula is C17H34O. The van der Waals surface area contributed by atoms with Crippen LogP contribution >= 0.6 is 0 Å². The van der Waals surface area contributed by atoms with E-state index in [-0.39, 0.29) is 22.9 Å². The van der Waals surface area contributed by atoms with Gasteiger partial charge in [-0.2, -0.15) is 0 Å². The van der Waals surface area contributed by atoms with Crippen LogP contribution in [0.25, 0.3) is 0 Å². The van der Waals surface area contributed by atoms with Crippen molar-refractivity contribution in [3.63, 3.8) is 0 Å². The lowest BCUT2D eigenvalue weighted by Crippen LogP contribution is -2.25. The standard InChI is InChI=1S/C17H34O/c1-14(2)11-15(3,4)9-10-16(5,6)12-17(7,8)13-18/h9-10,14,18H,11-13H2,1-8H3. The summed E-state index contributed by atoms with van der Waals surface area (Å²) in [6.45, 7) is 18.2. The van der Waals surface area contributed by atoms with E-state index in [0.29, 0.717) is 0 Å². The van der Waals surface area contributed by atoms with Crippen molar-refractivity contribution in [1.82, 2.24) is 0 Å². The molecule has 0 heterocycles. The molecule has 0 spiro atoms. The molecule has 0 atom stereocenters. The maximum absolute atomic E-state index is 9.38. The van der Waals surface area contributed by atoms with Crippen LogP contribution in [0.1, 0.15) is 68.2 Å². The molecule has 0 bridgehead atoms. The van der Waals surface area contributed by atoms with E-state index in [0.717, 1.165) is 12.3 Å². The molecule has 0 amide bonds. The molecule has 0 saturated heterocycles. The molecule has 0 rings (SSSR count). The highest BCUT2D eigenvalue weighted by atomic mass is 16.3. The lowest BCUT2D eigenvalue weighted by atomic mass is 9.73. The first-order chi connectivity index (χ1) is 7.89. The molecule has 0 aliphatic rings. The molecule has 0 fully saturated rings. The van der Waals surface area contributed by atoms with Crippen molar-refractivity contribution in [1.29, 1.82) is 0 Å². The van der Waals surface area contributed by atoms with Crippen LogP contribution in [0.4, 0.5) is 0 Å². The van der Waals surface area contributed by atoms with Gasteiger partial charge in [-0.25, -0.2) is 0 Å². The Morgan fingerprint density at radius 3 is 1.72 bits per heavy atom. The second-order valence-electron chi connectivity index (χ2n) is 8.41. The second-order valence-corrected chi connectivity index (χ2v) is 8.41. The molecule has 0 saturated carbocycles. The summed E-state index contributed by atoms with van der Waals surface area (Å²) in [7, 11) is 0. The van der Waals surface area contributed by atoms with Crippen molar-refractivity contribution < 1.29 is 5.11 Å². The van der Waals surface area contributed by atoms with Gasteiger partial charge in [0.15, 0.2) is 0 Å². The minimum atomic E-state index is -0.00394. The molecule has 108 valence electrons. The summed E-state index contributed by atoms with van der Waals surface area (Å²) in [5, 5.41) is 9.38. The molecule has 0 unspecified atom stereocenters. The van der Waals surface area contributed by atoms with Crippen molar-refractivity contribution in [2.45, 2.75) is 68.2 Å². The molecule has 1 N–H and O–H groups in total. The third-order valence-electron chi connectivity index (χ3n) is 3.28. The van der Waals surface area contributed by atoms with Gasteiger partial charge in [-0.15, -0.1) is 0 Å². The molecule has 0 aromatic heterocycles. The Labute approximate surface area is 115 Å². The first-order valence-electron chi connectivity index (χ1n) is 7.20. The zero-order valence-electron chi connectivity index (χ0n) is 13.8. The molecule has 18 heavy (non-hydrogen) atoms. The lowest BCUT2D eigenvalue weighted by Gasteiger charge is -2.33. The monoisotopic (exact) mass is 254 g/mol. The van der Waals surface area contributed by atoms with Gasteiger partial charge in [0.25, 0.3) is 0 Å². The zero-order valence-corrected chi connectivity index (χ0v) is 13.8. The van der Waals surface area contributed by atoms with Crippen molar-refractivity contribution in [3.8, 4) is 0 Å². The number of rotatable bonds is 7. The molecule has 0 radical (unpaired) electrons. The topological polar surface area (TPSA) is 20.2 Å². The summed E-state index contributed by atoms with van der Waals surface area (Å²) >= 11 is 0. The molecular weight excluding hydrogens is 220 g/mol. The Morgan fingerprint density at radius 1 is 0.889 bits per heavy atom. The first kappa shape index (κ1) is 17.7. The number of hydrogen-bond acceptors (Lipinski definition) is 1. The highest BCUT2D eigenvalue weighted by molar-refractivity contribution is 5.03. The van der Waals surface area contributed by atoms with Crippen LogP contribution < -0.4 is 0 Å². The third kappa shape index (κ3) is 7.92. The average molecular weight is 254 g/mol. The van der Waals surface area contributed by atoms with Crippen LogP contribution in [0.3, 0.4) is 0 Å². The summed E-state index contributed by atoms with van der Waals surface area (Å²) < 4.78 is 0. The molecule has 0 aromatic carbocycles. The number of aliphatic hydroxyl groups excluding tert-OH is 1. The van der Waals surface area contributed by atoms with Crippen LogP contribution in [0.15, 0.2) is 12.2 Å². The van der Waals surface area contributed by atoms with E-state index in [2.05, 4.69) is 67.5 Å². The highest BCUT2D eigenvalue weighted by Crippen LogP contribution is 2.36. The second kappa shape index (κ2) is 6.23. The Morgan fingerprint density at radius 2 is 1.33 bits per heavy atom. The SMILES string of the molecule is CC(C)CC(C)(C)C=CC(C)(C)CC(C)(C)CO. The molecule has 0 aliphatic heterocycles. The number of hydrogen-bond donors (Lipinski definition) is 1. The van der Waals surface area contributed by atoms with E-state index in [4.69, 9.17) is 0 Å². The van der Waals surface area contributed by atoms with Crippen LogP contribution in [0, 0.1) is 22.2 Å². The van der Waals surface area contributed by atoms with Gasteiger partial charge in [0.2, 0.25) is 0 Å². The largest absolute Gasteiger partial charge is 0.396 e. The van der Waals surface area contributed by atoms with Gasteiger partial charge in [0.05, 0.1) is 0 Å². The van der Waals surface area contributed by atoms with Crippen molar-refractivity contribution >= 4 is 0 Å². The highest BCUT2D eigenvalue weighted by Gasteiger charge is 2.27. The lowest BCUT2D eigenvalue weighted by molar-refractivity contribution is 0.119. The maximum atomic E-state index is 9.38.